The Bertz CT molecular complexity index is 328. The lowest BCUT2D eigenvalue weighted by Gasteiger charge is -2.05. The van der Waals surface area contributed by atoms with Crippen LogP contribution in [0.2, 0.25) is 0 Å². The van der Waals surface area contributed by atoms with Crippen LogP contribution in [0.15, 0.2) is 0 Å². The SMILES string of the molecule is CNCC(=O)c1n[nH]c(C)c1C(C)C. The highest BCUT2D eigenvalue weighted by atomic mass is 16.1. The van der Waals surface area contributed by atoms with Crippen molar-refractivity contribution in [1.29, 1.82) is 0 Å². The Morgan fingerprint density at radius 3 is 2.71 bits per heavy atom. The third kappa shape index (κ3) is 2.01. The molecule has 0 aromatic carbocycles. The summed E-state index contributed by atoms with van der Waals surface area (Å²) in [4.78, 5) is 11.6. The average Bonchev–Trinajstić information content (AvgIpc) is 2.47. The maximum atomic E-state index is 11.6. The van der Waals surface area contributed by atoms with Crippen LogP contribution in [0.1, 0.15) is 41.5 Å². The van der Waals surface area contributed by atoms with Crippen molar-refractivity contribution >= 4 is 5.78 Å². The molecule has 0 unspecified atom stereocenters. The van der Waals surface area contributed by atoms with Crippen molar-refractivity contribution < 1.29 is 4.79 Å². The van der Waals surface area contributed by atoms with Crippen LogP contribution >= 0.6 is 0 Å². The van der Waals surface area contributed by atoms with Gasteiger partial charge in [0.15, 0.2) is 5.78 Å². The number of aromatic amines is 1. The van der Waals surface area contributed by atoms with E-state index in [1.54, 1.807) is 7.05 Å². The van der Waals surface area contributed by atoms with Crippen molar-refractivity contribution in [3.05, 3.63) is 17.0 Å². The molecule has 1 aromatic heterocycles. The smallest absolute Gasteiger partial charge is 0.197 e. The molecule has 0 saturated carbocycles. The molecule has 78 valence electrons. The summed E-state index contributed by atoms with van der Waals surface area (Å²) >= 11 is 0. The topological polar surface area (TPSA) is 57.8 Å². The molecule has 0 saturated heterocycles. The normalized spacial score (nSPS) is 10.9. The van der Waals surface area contributed by atoms with Crippen molar-refractivity contribution in [2.75, 3.05) is 13.6 Å². The highest BCUT2D eigenvalue weighted by Gasteiger charge is 2.18. The van der Waals surface area contributed by atoms with Crippen molar-refractivity contribution in [3.8, 4) is 0 Å². The average molecular weight is 195 g/mol. The van der Waals surface area contributed by atoms with E-state index in [1.807, 2.05) is 6.92 Å². The number of nitrogens with zero attached hydrogens (tertiary/aromatic N) is 1. The molecule has 1 aromatic rings. The minimum atomic E-state index is 0.0422. The standard InChI is InChI=1S/C10H17N3O/c1-6(2)9-7(3)12-13-10(9)8(14)5-11-4/h6,11H,5H2,1-4H3,(H,12,13). The van der Waals surface area contributed by atoms with Gasteiger partial charge in [0.2, 0.25) is 0 Å². The highest BCUT2D eigenvalue weighted by molar-refractivity contribution is 5.97. The van der Waals surface area contributed by atoms with Gasteiger partial charge in [0.25, 0.3) is 0 Å². The second kappa shape index (κ2) is 4.37. The largest absolute Gasteiger partial charge is 0.313 e. The monoisotopic (exact) mass is 195 g/mol. The van der Waals surface area contributed by atoms with Gasteiger partial charge in [-0.15, -0.1) is 0 Å². The molecule has 0 amide bonds. The predicted molar refractivity (Wildman–Crippen MR) is 55.7 cm³/mol. The number of carbonyl (C=O) groups is 1. The van der Waals surface area contributed by atoms with E-state index < -0.39 is 0 Å². The number of likely N-dealkylation sites (N-methyl/N-ethyl adjacent to an activating group) is 1. The van der Waals surface area contributed by atoms with E-state index in [0.29, 0.717) is 18.2 Å². The van der Waals surface area contributed by atoms with Crippen molar-refractivity contribution in [1.82, 2.24) is 15.5 Å². The van der Waals surface area contributed by atoms with Gasteiger partial charge in [0, 0.05) is 11.3 Å². The zero-order chi connectivity index (χ0) is 10.7. The first kappa shape index (κ1) is 10.9. The number of hydrogen-bond donors (Lipinski definition) is 2. The number of nitrogens with one attached hydrogen (secondary N) is 2. The van der Waals surface area contributed by atoms with Crippen molar-refractivity contribution in [2.45, 2.75) is 26.7 Å². The molecule has 0 aliphatic carbocycles. The van der Waals surface area contributed by atoms with E-state index in [2.05, 4.69) is 29.4 Å². The Labute approximate surface area is 84.1 Å². The van der Waals surface area contributed by atoms with Gasteiger partial charge in [-0.2, -0.15) is 5.10 Å². The van der Waals surface area contributed by atoms with Crippen LogP contribution in [0.3, 0.4) is 0 Å². The second-order valence-electron chi connectivity index (χ2n) is 3.72. The zero-order valence-electron chi connectivity index (χ0n) is 9.14. The summed E-state index contributed by atoms with van der Waals surface area (Å²) in [5.41, 5.74) is 2.59. The lowest BCUT2D eigenvalue weighted by Crippen LogP contribution is -2.20. The minimum absolute atomic E-state index is 0.0422. The fourth-order valence-electron chi connectivity index (χ4n) is 1.60. The van der Waals surface area contributed by atoms with E-state index in [0.717, 1.165) is 11.3 Å². The molecular weight excluding hydrogens is 178 g/mol. The number of H-pyrrole nitrogens is 1. The fraction of sp³-hybridized carbons (Fsp3) is 0.600. The Hall–Kier alpha value is -1.16. The van der Waals surface area contributed by atoms with Gasteiger partial charge in [-0.1, -0.05) is 13.8 Å². The number of carbonyl (C=O) groups excluding carboxylic acids is 1. The Morgan fingerprint density at radius 1 is 1.57 bits per heavy atom. The first-order valence-corrected chi connectivity index (χ1v) is 4.80. The number of Topliss-reactive ketones (excluding diaryl/α,β-unsaturated/α-hetero) is 1. The third-order valence-corrected chi connectivity index (χ3v) is 2.17. The third-order valence-electron chi connectivity index (χ3n) is 2.17. The maximum absolute atomic E-state index is 11.6. The van der Waals surface area contributed by atoms with Gasteiger partial charge in [0.05, 0.1) is 6.54 Å². The molecule has 0 spiro atoms. The summed E-state index contributed by atoms with van der Waals surface area (Å²) in [6.07, 6.45) is 0. The van der Waals surface area contributed by atoms with Crippen LogP contribution in [0.5, 0.6) is 0 Å². The van der Waals surface area contributed by atoms with E-state index in [9.17, 15) is 4.79 Å². The maximum Gasteiger partial charge on any atom is 0.197 e. The molecule has 0 aliphatic rings. The van der Waals surface area contributed by atoms with Crippen LogP contribution in [-0.4, -0.2) is 29.6 Å². The minimum Gasteiger partial charge on any atom is -0.313 e. The van der Waals surface area contributed by atoms with Gasteiger partial charge in [-0.3, -0.25) is 9.89 Å². The van der Waals surface area contributed by atoms with Crippen LogP contribution < -0.4 is 5.32 Å². The number of ketones is 1. The summed E-state index contributed by atoms with van der Waals surface area (Å²) < 4.78 is 0. The number of aryl methyl sites for hydroxylation is 1. The zero-order valence-corrected chi connectivity index (χ0v) is 9.14. The van der Waals surface area contributed by atoms with Crippen molar-refractivity contribution in [2.24, 2.45) is 0 Å². The molecule has 14 heavy (non-hydrogen) atoms. The summed E-state index contributed by atoms with van der Waals surface area (Å²) in [6.45, 7) is 6.41. The second-order valence-corrected chi connectivity index (χ2v) is 3.72. The highest BCUT2D eigenvalue weighted by Crippen LogP contribution is 2.21. The molecule has 0 fully saturated rings. The lowest BCUT2D eigenvalue weighted by molar-refractivity contribution is 0.0987. The van der Waals surface area contributed by atoms with E-state index in [1.165, 1.54) is 0 Å². The summed E-state index contributed by atoms with van der Waals surface area (Å²) in [5.74, 6) is 0.366. The van der Waals surface area contributed by atoms with E-state index >= 15 is 0 Å². The molecule has 4 heteroatoms. The van der Waals surface area contributed by atoms with Crippen LogP contribution in [-0.2, 0) is 0 Å². The Kier molecular flexibility index (Phi) is 3.41. The van der Waals surface area contributed by atoms with Gasteiger partial charge >= 0.3 is 0 Å². The Balaban J connectivity index is 3.02. The van der Waals surface area contributed by atoms with Gasteiger partial charge in [-0.05, 0) is 19.9 Å². The van der Waals surface area contributed by atoms with Gasteiger partial charge < -0.3 is 5.32 Å². The van der Waals surface area contributed by atoms with Gasteiger partial charge in [-0.25, -0.2) is 0 Å². The molecule has 0 bridgehead atoms. The quantitative estimate of drug-likeness (QED) is 0.711. The van der Waals surface area contributed by atoms with E-state index in [4.69, 9.17) is 0 Å². The lowest BCUT2D eigenvalue weighted by atomic mass is 9.99. The molecular formula is C10H17N3O. The first-order valence-electron chi connectivity index (χ1n) is 4.80. The fourth-order valence-corrected chi connectivity index (χ4v) is 1.60. The number of hydrogen-bond acceptors (Lipinski definition) is 3. The van der Waals surface area contributed by atoms with Crippen LogP contribution in [0.25, 0.3) is 0 Å². The van der Waals surface area contributed by atoms with Crippen LogP contribution in [0.4, 0.5) is 0 Å². The number of aromatic nitrogens is 2. The van der Waals surface area contributed by atoms with Crippen molar-refractivity contribution in [3.63, 3.8) is 0 Å². The van der Waals surface area contributed by atoms with Gasteiger partial charge in [0.1, 0.15) is 5.69 Å². The molecule has 1 heterocycles. The summed E-state index contributed by atoms with van der Waals surface area (Å²) in [6, 6.07) is 0. The summed E-state index contributed by atoms with van der Waals surface area (Å²) in [5, 5.41) is 9.74. The van der Waals surface area contributed by atoms with E-state index in [-0.39, 0.29) is 5.78 Å². The molecule has 1 rings (SSSR count). The molecule has 2 N–H and O–H groups in total. The molecule has 4 nitrogen and oxygen atoms in total. The molecule has 0 radical (unpaired) electrons. The predicted octanol–water partition coefficient (Wildman–Crippen LogP) is 1.24. The first-order chi connectivity index (χ1) is 6.57. The number of rotatable bonds is 4. The van der Waals surface area contributed by atoms with Crippen LogP contribution in [0, 0.1) is 6.92 Å². The Morgan fingerprint density at radius 2 is 2.21 bits per heavy atom. The molecule has 0 atom stereocenters. The molecule has 0 aliphatic heterocycles. The summed E-state index contributed by atoms with van der Waals surface area (Å²) in [7, 11) is 1.76.